The SMILES string of the molecule is CC(c1ccccc1Cl)N(C)C(=O)c1cc(Br)ccc1N. The first-order valence-electron chi connectivity index (χ1n) is 6.48. The minimum absolute atomic E-state index is 0.138. The Kier molecular flexibility index (Phi) is 4.91. The highest BCUT2D eigenvalue weighted by molar-refractivity contribution is 9.10. The monoisotopic (exact) mass is 366 g/mol. The second-order valence-corrected chi connectivity index (χ2v) is 6.17. The molecule has 1 atom stereocenters. The Labute approximate surface area is 137 Å². The number of nitrogen functional groups attached to an aromatic ring is 1. The third-order valence-corrected chi connectivity index (χ3v) is 4.34. The molecule has 0 aliphatic rings. The van der Waals surface area contributed by atoms with Gasteiger partial charge in [0.25, 0.3) is 5.91 Å². The first kappa shape index (κ1) is 15.9. The summed E-state index contributed by atoms with van der Waals surface area (Å²) in [5, 5.41) is 0.645. The number of anilines is 1. The average Bonchev–Trinajstić information content (AvgIpc) is 2.48. The summed E-state index contributed by atoms with van der Waals surface area (Å²) in [6.07, 6.45) is 0. The number of nitrogens with zero attached hydrogens (tertiary/aromatic N) is 1. The van der Waals surface area contributed by atoms with Gasteiger partial charge in [-0.15, -0.1) is 0 Å². The van der Waals surface area contributed by atoms with Crippen molar-refractivity contribution in [3.63, 3.8) is 0 Å². The number of halogens is 2. The number of carbonyl (C=O) groups is 1. The Balaban J connectivity index is 2.31. The van der Waals surface area contributed by atoms with E-state index in [0.717, 1.165) is 10.0 Å². The second kappa shape index (κ2) is 6.50. The summed E-state index contributed by atoms with van der Waals surface area (Å²) >= 11 is 9.56. The fourth-order valence-electron chi connectivity index (χ4n) is 2.10. The van der Waals surface area contributed by atoms with Crippen molar-refractivity contribution in [2.75, 3.05) is 12.8 Å². The van der Waals surface area contributed by atoms with Crippen LogP contribution in [-0.2, 0) is 0 Å². The predicted octanol–water partition coefficient (Wildman–Crippen LogP) is 4.52. The molecule has 0 fully saturated rings. The molecule has 0 saturated heterocycles. The molecule has 0 aliphatic carbocycles. The van der Waals surface area contributed by atoms with Gasteiger partial charge in [0.2, 0.25) is 0 Å². The molecule has 0 saturated carbocycles. The van der Waals surface area contributed by atoms with Crippen LogP contribution in [0.2, 0.25) is 5.02 Å². The molecule has 2 aromatic rings. The van der Waals surface area contributed by atoms with E-state index < -0.39 is 0 Å². The van der Waals surface area contributed by atoms with Crippen LogP contribution >= 0.6 is 27.5 Å². The topological polar surface area (TPSA) is 46.3 Å². The van der Waals surface area contributed by atoms with Crippen molar-refractivity contribution in [2.45, 2.75) is 13.0 Å². The van der Waals surface area contributed by atoms with Crippen molar-refractivity contribution in [3.8, 4) is 0 Å². The molecule has 2 aromatic carbocycles. The van der Waals surface area contributed by atoms with E-state index in [9.17, 15) is 4.79 Å². The van der Waals surface area contributed by atoms with Crippen molar-refractivity contribution in [2.24, 2.45) is 0 Å². The first-order chi connectivity index (χ1) is 9.91. The number of carbonyl (C=O) groups excluding carboxylic acids is 1. The van der Waals surface area contributed by atoms with E-state index in [-0.39, 0.29) is 11.9 Å². The number of hydrogen-bond donors (Lipinski definition) is 1. The number of nitrogens with two attached hydrogens (primary N) is 1. The van der Waals surface area contributed by atoms with E-state index in [1.165, 1.54) is 0 Å². The molecule has 0 aliphatic heterocycles. The lowest BCUT2D eigenvalue weighted by Crippen LogP contribution is -2.30. The van der Waals surface area contributed by atoms with Crippen LogP contribution in [-0.4, -0.2) is 17.9 Å². The van der Waals surface area contributed by atoms with Gasteiger partial charge < -0.3 is 10.6 Å². The number of rotatable bonds is 3. The Morgan fingerprint density at radius 2 is 1.95 bits per heavy atom. The molecule has 2 N–H and O–H groups in total. The Morgan fingerprint density at radius 1 is 1.29 bits per heavy atom. The summed E-state index contributed by atoms with van der Waals surface area (Å²) in [5.41, 5.74) is 7.75. The minimum Gasteiger partial charge on any atom is -0.398 e. The lowest BCUT2D eigenvalue weighted by molar-refractivity contribution is 0.0743. The summed E-state index contributed by atoms with van der Waals surface area (Å²) in [4.78, 5) is 14.3. The summed E-state index contributed by atoms with van der Waals surface area (Å²) in [5.74, 6) is -0.138. The molecule has 2 rings (SSSR count). The van der Waals surface area contributed by atoms with Crippen molar-refractivity contribution in [1.82, 2.24) is 4.90 Å². The summed E-state index contributed by atoms with van der Waals surface area (Å²) in [7, 11) is 1.75. The molecule has 110 valence electrons. The van der Waals surface area contributed by atoms with Gasteiger partial charge in [-0.1, -0.05) is 45.7 Å². The Morgan fingerprint density at radius 3 is 2.62 bits per heavy atom. The summed E-state index contributed by atoms with van der Waals surface area (Å²) in [6, 6.07) is 12.6. The molecular weight excluding hydrogens is 352 g/mol. The smallest absolute Gasteiger partial charge is 0.256 e. The molecule has 0 aromatic heterocycles. The van der Waals surface area contributed by atoms with Crippen LogP contribution in [0.3, 0.4) is 0 Å². The summed E-state index contributed by atoms with van der Waals surface area (Å²) in [6.45, 7) is 1.94. The zero-order chi connectivity index (χ0) is 15.6. The van der Waals surface area contributed by atoms with Crippen LogP contribution < -0.4 is 5.73 Å². The zero-order valence-corrected chi connectivity index (χ0v) is 14.1. The number of hydrogen-bond acceptors (Lipinski definition) is 2. The van der Waals surface area contributed by atoms with Gasteiger partial charge in [0, 0.05) is 22.2 Å². The van der Waals surface area contributed by atoms with Crippen LogP contribution in [0.15, 0.2) is 46.9 Å². The van der Waals surface area contributed by atoms with Crippen LogP contribution in [0.4, 0.5) is 5.69 Å². The van der Waals surface area contributed by atoms with Crippen molar-refractivity contribution in [1.29, 1.82) is 0 Å². The molecule has 5 heteroatoms. The minimum atomic E-state index is -0.149. The van der Waals surface area contributed by atoms with Crippen LogP contribution in [0.5, 0.6) is 0 Å². The third-order valence-electron chi connectivity index (χ3n) is 3.50. The largest absolute Gasteiger partial charge is 0.398 e. The highest BCUT2D eigenvalue weighted by atomic mass is 79.9. The fourth-order valence-corrected chi connectivity index (χ4v) is 2.76. The van der Waals surface area contributed by atoms with E-state index in [4.69, 9.17) is 17.3 Å². The molecule has 0 spiro atoms. The third kappa shape index (κ3) is 3.39. The number of amides is 1. The van der Waals surface area contributed by atoms with Gasteiger partial charge in [0.05, 0.1) is 11.6 Å². The van der Waals surface area contributed by atoms with Gasteiger partial charge in [0.15, 0.2) is 0 Å². The maximum absolute atomic E-state index is 12.6. The molecule has 1 amide bonds. The Bertz CT molecular complexity index is 675. The maximum Gasteiger partial charge on any atom is 0.256 e. The van der Waals surface area contributed by atoms with Crippen LogP contribution in [0.25, 0.3) is 0 Å². The zero-order valence-electron chi connectivity index (χ0n) is 11.8. The van der Waals surface area contributed by atoms with E-state index in [1.54, 1.807) is 24.1 Å². The van der Waals surface area contributed by atoms with Gasteiger partial charge in [-0.25, -0.2) is 0 Å². The van der Waals surface area contributed by atoms with Gasteiger partial charge in [-0.3, -0.25) is 4.79 Å². The highest BCUT2D eigenvalue weighted by Crippen LogP contribution is 2.28. The van der Waals surface area contributed by atoms with Gasteiger partial charge in [0.1, 0.15) is 0 Å². The van der Waals surface area contributed by atoms with Crippen LogP contribution in [0, 0.1) is 0 Å². The fraction of sp³-hybridized carbons (Fsp3) is 0.188. The molecule has 3 nitrogen and oxygen atoms in total. The molecule has 0 radical (unpaired) electrons. The Hall–Kier alpha value is -1.52. The van der Waals surface area contributed by atoms with E-state index in [0.29, 0.717) is 16.3 Å². The lowest BCUT2D eigenvalue weighted by atomic mass is 10.1. The standard InChI is InChI=1S/C16H16BrClN2O/c1-10(12-5-3-4-6-14(12)18)20(2)16(21)13-9-11(17)7-8-15(13)19/h3-10H,19H2,1-2H3. The average molecular weight is 368 g/mol. The van der Waals surface area contributed by atoms with Crippen molar-refractivity contribution in [3.05, 3.63) is 63.1 Å². The first-order valence-corrected chi connectivity index (χ1v) is 7.65. The molecule has 1 unspecified atom stereocenters. The molecule has 0 bridgehead atoms. The normalized spacial score (nSPS) is 12.0. The molecular formula is C16H16BrClN2O. The molecule has 0 heterocycles. The van der Waals surface area contributed by atoms with Gasteiger partial charge in [-0.05, 0) is 36.8 Å². The molecule has 21 heavy (non-hydrogen) atoms. The van der Waals surface area contributed by atoms with E-state index >= 15 is 0 Å². The lowest BCUT2D eigenvalue weighted by Gasteiger charge is -2.26. The second-order valence-electron chi connectivity index (χ2n) is 4.85. The van der Waals surface area contributed by atoms with E-state index in [1.807, 2.05) is 37.3 Å². The maximum atomic E-state index is 12.6. The van der Waals surface area contributed by atoms with E-state index in [2.05, 4.69) is 15.9 Å². The quantitative estimate of drug-likeness (QED) is 0.811. The van der Waals surface area contributed by atoms with Crippen molar-refractivity contribution >= 4 is 39.1 Å². The van der Waals surface area contributed by atoms with Crippen molar-refractivity contribution < 1.29 is 4.79 Å². The van der Waals surface area contributed by atoms with Gasteiger partial charge >= 0.3 is 0 Å². The summed E-state index contributed by atoms with van der Waals surface area (Å²) < 4.78 is 0.818. The number of benzene rings is 2. The highest BCUT2D eigenvalue weighted by Gasteiger charge is 2.22. The van der Waals surface area contributed by atoms with Crippen LogP contribution in [0.1, 0.15) is 28.9 Å². The predicted molar refractivity (Wildman–Crippen MR) is 90.5 cm³/mol. The van der Waals surface area contributed by atoms with Gasteiger partial charge in [-0.2, -0.15) is 0 Å².